The van der Waals surface area contributed by atoms with Crippen molar-refractivity contribution in [2.75, 3.05) is 6.54 Å². The monoisotopic (exact) mass is 481 g/mol. The van der Waals surface area contributed by atoms with Crippen LogP contribution in [0.2, 0.25) is 0 Å². The molecule has 0 aliphatic heterocycles. The Hall–Kier alpha value is -3.46. The number of Topliss-reactive ketones (excluding diaryl/α,β-unsaturated/α-hetero) is 1. The lowest BCUT2D eigenvalue weighted by molar-refractivity contribution is -0.127. The van der Waals surface area contributed by atoms with Crippen LogP contribution in [-0.2, 0) is 24.1 Å². The summed E-state index contributed by atoms with van der Waals surface area (Å²) in [5.74, 6) is -1.98. The molecular weight excluding hydrogens is 452 g/mol. The smallest absolute Gasteiger partial charge is 0.251 e. The van der Waals surface area contributed by atoms with Gasteiger partial charge in [-0.1, -0.05) is 42.5 Å². The fourth-order valence-corrected chi connectivity index (χ4v) is 3.75. The van der Waals surface area contributed by atoms with E-state index < -0.39 is 41.5 Å². The molecule has 0 aromatic heterocycles. The van der Waals surface area contributed by atoms with Gasteiger partial charge in [-0.05, 0) is 59.9 Å². The molecule has 0 fully saturated rings. The van der Waals surface area contributed by atoms with E-state index in [0.717, 1.165) is 23.8 Å². The second-order valence-corrected chi connectivity index (χ2v) is 8.55. The molecule has 0 saturated heterocycles. The number of ketones is 1. The molecule has 0 aliphatic carbocycles. The van der Waals surface area contributed by atoms with E-state index in [0.29, 0.717) is 17.5 Å². The number of aliphatic hydroxyl groups is 1. The first kappa shape index (κ1) is 26.2. The average Bonchev–Trinajstić information content (AvgIpc) is 2.85. The standard InChI is InChI=1S/C27H29F2N3O3/c28-21-9-10-23(29)20(14-21)15-22(30)16-32-27(35)19-8-4-7-18(11-19)13-25(33)26(34)24(31)12-17-5-2-1-3-6-17/h1-11,14,22,24,26,34H,12-13,15-16,30-31H2,(H,32,35). The van der Waals surface area contributed by atoms with Crippen molar-refractivity contribution in [3.05, 3.63) is 107 Å². The Morgan fingerprint density at radius 1 is 0.886 bits per heavy atom. The predicted molar refractivity (Wildman–Crippen MR) is 130 cm³/mol. The highest BCUT2D eigenvalue weighted by atomic mass is 19.1. The molecule has 3 rings (SSSR count). The maximum absolute atomic E-state index is 13.8. The summed E-state index contributed by atoms with van der Waals surface area (Å²) < 4.78 is 27.1. The summed E-state index contributed by atoms with van der Waals surface area (Å²) >= 11 is 0. The number of halogens is 2. The van der Waals surface area contributed by atoms with Gasteiger partial charge in [-0.2, -0.15) is 0 Å². The van der Waals surface area contributed by atoms with Crippen molar-refractivity contribution in [2.45, 2.75) is 37.5 Å². The number of nitrogens with two attached hydrogens (primary N) is 2. The van der Waals surface area contributed by atoms with Gasteiger partial charge in [0.2, 0.25) is 0 Å². The zero-order chi connectivity index (χ0) is 25.4. The van der Waals surface area contributed by atoms with Crippen LogP contribution >= 0.6 is 0 Å². The predicted octanol–water partition coefficient (Wildman–Crippen LogP) is 2.31. The molecule has 3 unspecified atom stereocenters. The third kappa shape index (κ3) is 7.78. The van der Waals surface area contributed by atoms with Gasteiger partial charge in [-0.3, -0.25) is 9.59 Å². The SMILES string of the molecule is NC(CNC(=O)c1cccc(CC(=O)C(O)C(N)Cc2ccccc2)c1)Cc1cc(F)ccc1F. The molecule has 0 saturated carbocycles. The van der Waals surface area contributed by atoms with Gasteiger partial charge in [-0.25, -0.2) is 8.78 Å². The summed E-state index contributed by atoms with van der Waals surface area (Å²) in [7, 11) is 0. The Morgan fingerprint density at radius 3 is 2.34 bits per heavy atom. The van der Waals surface area contributed by atoms with E-state index in [2.05, 4.69) is 5.32 Å². The van der Waals surface area contributed by atoms with Gasteiger partial charge >= 0.3 is 0 Å². The maximum Gasteiger partial charge on any atom is 0.251 e. The lowest BCUT2D eigenvalue weighted by atomic mass is 9.95. The van der Waals surface area contributed by atoms with Gasteiger partial charge in [0.25, 0.3) is 5.91 Å². The topological polar surface area (TPSA) is 118 Å². The highest BCUT2D eigenvalue weighted by Gasteiger charge is 2.23. The van der Waals surface area contributed by atoms with Crippen LogP contribution in [0.15, 0.2) is 72.8 Å². The van der Waals surface area contributed by atoms with E-state index in [1.807, 2.05) is 30.3 Å². The van der Waals surface area contributed by atoms with Crippen molar-refractivity contribution in [2.24, 2.45) is 11.5 Å². The number of rotatable bonds is 11. The van der Waals surface area contributed by atoms with E-state index >= 15 is 0 Å². The van der Waals surface area contributed by atoms with Gasteiger partial charge in [-0.15, -0.1) is 0 Å². The molecule has 184 valence electrons. The third-order valence-corrected chi connectivity index (χ3v) is 5.63. The molecule has 6 N–H and O–H groups in total. The van der Waals surface area contributed by atoms with Gasteiger partial charge in [0.05, 0.1) is 0 Å². The summed E-state index contributed by atoms with van der Waals surface area (Å²) in [6, 6.07) is 17.6. The molecule has 0 bridgehead atoms. The van der Waals surface area contributed by atoms with Crippen LogP contribution in [0.3, 0.4) is 0 Å². The van der Waals surface area contributed by atoms with Crippen LogP contribution in [0.1, 0.15) is 27.0 Å². The van der Waals surface area contributed by atoms with Gasteiger partial charge in [0.1, 0.15) is 17.7 Å². The van der Waals surface area contributed by atoms with E-state index in [1.165, 1.54) is 0 Å². The van der Waals surface area contributed by atoms with Gasteiger partial charge in [0.15, 0.2) is 5.78 Å². The van der Waals surface area contributed by atoms with Crippen LogP contribution < -0.4 is 16.8 Å². The lowest BCUT2D eigenvalue weighted by Gasteiger charge is -2.18. The van der Waals surface area contributed by atoms with Crippen LogP contribution in [0.25, 0.3) is 0 Å². The zero-order valence-electron chi connectivity index (χ0n) is 19.2. The Kier molecular flexibility index (Phi) is 9.19. The number of amides is 1. The molecule has 0 aliphatic rings. The number of hydrogen-bond donors (Lipinski definition) is 4. The van der Waals surface area contributed by atoms with E-state index in [-0.39, 0.29) is 24.9 Å². The van der Waals surface area contributed by atoms with Crippen LogP contribution in [-0.4, -0.2) is 41.5 Å². The number of carbonyl (C=O) groups is 2. The molecule has 3 aromatic carbocycles. The van der Waals surface area contributed by atoms with Crippen LogP contribution in [0.5, 0.6) is 0 Å². The van der Waals surface area contributed by atoms with Crippen LogP contribution in [0, 0.1) is 11.6 Å². The lowest BCUT2D eigenvalue weighted by Crippen LogP contribution is -2.42. The van der Waals surface area contributed by atoms with Crippen molar-refractivity contribution >= 4 is 11.7 Å². The number of nitrogens with one attached hydrogen (secondary N) is 1. The quantitative estimate of drug-likeness (QED) is 0.335. The van der Waals surface area contributed by atoms with Crippen molar-refractivity contribution in [1.82, 2.24) is 5.32 Å². The van der Waals surface area contributed by atoms with Gasteiger partial charge in [0, 0.05) is 30.6 Å². The first-order valence-corrected chi connectivity index (χ1v) is 11.3. The Labute approximate surface area is 203 Å². The average molecular weight is 482 g/mol. The minimum absolute atomic E-state index is 0.0466. The summed E-state index contributed by atoms with van der Waals surface area (Å²) in [6.45, 7) is 0.0466. The molecule has 0 heterocycles. The highest BCUT2D eigenvalue weighted by molar-refractivity contribution is 5.95. The largest absolute Gasteiger partial charge is 0.384 e. The normalized spacial score (nSPS) is 13.6. The molecule has 3 atom stereocenters. The molecule has 0 spiro atoms. The second-order valence-electron chi connectivity index (χ2n) is 8.55. The first-order chi connectivity index (χ1) is 16.7. The highest BCUT2D eigenvalue weighted by Crippen LogP contribution is 2.13. The number of aliphatic hydroxyl groups excluding tert-OH is 1. The number of carbonyl (C=O) groups excluding carboxylic acids is 2. The van der Waals surface area contributed by atoms with E-state index in [1.54, 1.807) is 24.3 Å². The minimum Gasteiger partial charge on any atom is -0.384 e. The van der Waals surface area contributed by atoms with E-state index in [4.69, 9.17) is 11.5 Å². The minimum atomic E-state index is -1.34. The Bertz CT molecular complexity index is 1160. The van der Waals surface area contributed by atoms with Crippen molar-refractivity contribution < 1.29 is 23.5 Å². The zero-order valence-corrected chi connectivity index (χ0v) is 19.2. The summed E-state index contributed by atoms with van der Waals surface area (Å²) in [4.78, 5) is 25.1. The molecule has 6 nitrogen and oxygen atoms in total. The Morgan fingerprint density at radius 2 is 1.60 bits per heavy atom. The molecule has 1 amide bonds. The van der Waals surface area contributed by atoms with Crippen molar-refractivity contribution in [3.8, 4) is 0 Å². The van der Waals surface area contributed by atoms with Crippen LogP contribution in [0.4, 0.5) is 8.78 Å². The van der Waals surface area contributed by atoms with E-state index in [9.17, 15) is 23.5 Å². The summed E-state index contributed by atoms with van der Waals surface area (Å²) in [5.41, 5.74) is 13.9. The molecular formula is C27H29F2N3O3. The summed E-state index contributed by atoms with van der Waals surface area (Å²) in [6.07, 6.45) is -1.01. The molecule has 3 aromatic rings. The number of benzene rings is 3. The fraction of sp³-hybridized carbons (Fsp3) is 0.259. The maximum atomic E-state index is 13.8. The molecule has 0 radical (unpaired) electrons. The Balaban J connectivity index is 1.53. The first-order valence-electron chi connectivity index (χ1n) is 11.3. The van der Waals surface area contributed by atoms with Crippen molar-refractivity contribution in [3.63, 3.8) is 0 Å². The molecule has 35 heavy (non-hydrogen) atoms. The van der Waals surface area contributed by atoms with Gasteiger partial charge < -0.3 is 21.9 Å². The fourth-order valence-electron chi connectivity index (χ4n) is 3.75. The summed E-state index contributed by atoms with van der Waals surface area (Å²) in [5, 5.41) is 13.0. The molecule has 8 heteroatoms. The van der Waals surface area contributed by atoms with Crippen molar-refractivity contribution in [1.29, 1.82) is 0 Å². The third-order valence-electron chi connectivity index (χ3n) is 5.63. The second kappa shape index (κ2) is 12.3. The number of hydrogen-bond acceptors (Lipinski definition) is 5.